The van der Waals surface area contributed by atoms with Crippen molar-refractivity contribution >= 4 is 17.8 Å². The van der Waals surface area contributed by atoms with Crippen LogP contribution in [0.25, 0.3) is 0 Å². The number of furan rings is 1. The standard InChI is InChI=1S/C21H32N2O5/c1-6-27-21(26)17-7-10-22(11-8-17)19(24)9-12-23(14(2)3)20(25)18-13-15(4)28-16(18)5/h13-14,17H,6-12H2,1-5H3. The normalized spacial score (nSPS) is 15.0. The minimum atomic E-state index is -0.169. The van der Waals surface area contributed by atoms with Crippen molar-refractivity contribution in [1.29, 1.82) is 0 Å². The summed E-state index contributed by atoms with van der Waals surface area (Å²) in [6.07, 6.45) is 1.53. The molecule has 1 fully saturated rings. The van der Waals surface area contributed by atoms with E-state index in [4.69, 9.17) is 9.15 Å². The lowest BCUT2D eigenvalue weighted by molar-refractivity contribution is -0.151. The first-order chi connectivity index (χ1) is 13.2. The number of piperidine rings is 1. The first kappa shape index (κ1) is 22.0. The van der Waals surface area contributed by atoms with Crippen LogP contribution in [0.5, 0.6) is 0 Å². The van der Waals surface area contributed by atoms with Gasteiger partial charge >= 0.3 is 5.97 Å². The number of carbonyl (C=O) groups excluding carboxylic acids is 3. The van der Waals surface area contributed by atoms with Crippen LogP contribution in [0.3, 0.4) is 0 Å². The number of aryl methyl sites for hydroxylation is 2. The summed E-state index contributed by atoms with van der Waals surface area (Å²) in [7, 11) is 0. The van der Waals surface area contributed by atoms with Crippen molar-refractivity contribution in [1.82, 2.24) is 9.80 Å². The van der Waals surface area contributed by atoms with E-state index in [1.807, 2.05) is 20.8 Å². The second kappa shape index (κ2) is 9.75. The predicted molar refractivity (Wildman–Crippen MR) is 105 cm³/mol. The van der Waals surface area contributed by atoms with E-state index in [0.29, 0.717) is 56.2 Å². The summed E-state index contributed by atoms with van der Waals surface area (Å²) in [5, 5.41) is 0. The summed E-state index contributed by atoms with van der Waals surface area (Å²) in [5.41, 5.74) is 0.550. The topological polar surface area (TPSA) is 80.1 Å². The molecule has 0 aliphatic carbocycles. The first-order valence-electron chi connectivity index (χ1n) is 10.1. The van der Waals surface area contributed by atoms with Crippen LogP contribution >= 0.6 is 0 Å². The molecule has 0 aromatic carbocycles. The highest BCUT2D eigenvalue weighted by Crippen LogP contribution is 2.21. The summed E-state index contributed by atoms with van der Waals surface area (Å²) in [6.45, 7) is 11.1. The molecule has 1 aromatic heterocycles. The van der Waals surface area contributed by atoms with Crippen molar-refractivity contribution in [3.8, 4) is 0 Å². The second-order valence-corrected chi connectivity index (χ2v) is 7.58. The number of ether oxygens (including phenoxy) is 1. The number of nitrogens with zero attached hydrogens (tertiary/aromatic N) is 2. The summed E-state index contributed by atoms with van der Waals surface area (Å²) in [6, 6.07) is 1.72. The summed E-state index contributed by atoms with van der Waals surface area (Å²) >= 11 is 0. The molecule has 7 nitrogen and oxygen atoms in total. The maximum absolute atomic E-state index is 12.9. The highest BCUT2D eigenvalue weighted by molar-refractivity contribution is 5.95. The van der Waals surface area contributed by atoms with Crippen molar-refractivity contribution in [2.75, 3.05) is 26.2 Å². The lowest BCUT2D eigenvalue weighted by Crippen LogP contribution is -2.43. The Morgan fingerprint density at radius 1 is 1.25 bits per heavy atom. The van der Waals surface area contributed by atoms with E-state index >= 15 is 0 Å². The van der Waals surface area contributed by atoms with Crippen molar-refractivity contribution in [2.45, 2.75) is 59.9 Å². The number of hydrogen-bond acceptors (Lipinski definition) is 5. The minimum Gasteiger partial charge on any atom is -0.466 e. The Hall–Kier alpha value is -2.31. The van der Waals surface area contributed by atoms with Gasteiger partial charge < -0.3 is 19.0 Å². The highest BCUT2D eigenvalue weighted by atomic mass is 16.5. The first-order valence-corrected chi connectivity index (χ1v) is 10.1. The van der Waals surface area contributed by atoms with Gasteiger partial charge in [-0.1, -0.05) is 0 Å². The molecule has 0 unspecified atom stereocenters. The molecule has 2 amide bonds. The van der Waals surface area contributed by atoms with Gasteiger partial charge in [0, 0.05) is 32.1 Å². The van der Waals surface area contributed by atoms with Gasteiger partial charge in [-0.05, 0) is 53.5 Å². The summed E-state index contributed by atoms with van der Waals surface area (Å²) in [5.74, 6) is 0.909. The van der Waals surface area contributed by atoms with Gasteiger partial charge in [-0.25, -0.2) is 0 Å². The monoisotopic (exact) mass is 392 g/mol. The van der Waals surface area contributed by atoms with E-state index in [9.17, 15) is 14.4 Å². The zero-order chi connectivity index (χ0) is 20.8. The lowest BCUT2D eigenvalue weighted by atomic mass is 9.97. The van der Waals surface area contributed by atoms with E-state index in [0.717, 1.165) is 0 Å². The van der Waals surface area contributed by atoms with Crippen LogP contribution in [0, 0.1) is 19.8 Å². The van der Waals surface area contributed by atoms with Gasteiger partial charge in [0.2, 0.25) is 5.91 Å². The number of rotatable bonds is 7. The number of amides is 2. The fraction of sp³-hybridized carbons (Fsp3) is 0.667. The highest BCUT2D eigenvalue weighted by Gasteiger charge is 2.29. The average molecular weight is 392 g/mol. The molecule has 156 valence electrons. The van der Waals surface area contributed by atoms with Crippen LogP contribution < -0.4 is 0 Å². The quantitative estimate of drug-likeness (QED) is 0.667. The molecule has 1 aromatic rings. The Bertz CT molecular complexity index is 702. The average Bonchev–Trinajstić information content (AvgIpc) is 2.99. The molecule has 1 saturated heterocycles. The van der Waals surface area contributed by atoms with Crippen molar-refractivity contribution in [3.63, 3.8) is 0 Å². The molecule has 0 atom stereocenters. The molecular weight excluding hydrogens is 360 g/mol. The molecule has 0 spiro atoms. The third kappa shape index (κ3) is 5.36. The maximum atomic E-state index is 12.9. The number of hydrogen-bond donors (Lipinski definition) is 0. The summed E-state index contributed by atoms with van der Waals surface area (Å²) in [4.78, 5) is 40.8. The fourth-order valence-corrected chi connectivity index (χ4v) is 3.59. The zero-order valence-electron chi connectivity index (χ0n) is 17.6. The molecule has 0 N–H and O–H groups in total. The van der Waals surface area contributed by atoms with E-state index in [-0.39, 0.29) is 36.2 Å². The molecule has 28 heavy (non-hydrogen) atoms. The fourth-order valence-electron chi connectivity index (χ4n) is 3.59. The van der Waals surface area contributed by atoms with E-state index in [1.54, 1.807) is 29.7 Å². The Morgan fingerprint density at radius 3 is 2.39 bits per heavy atom. The van der Waals surface area contributed by atoms with E-state index in [1.165, 1.54) is 0 Å². The van der Waals surface area contributed by atoms with Crippen LogP contribution in [0.1, 0.15) is 61.9 Å². The third-order valence-electron chi connectivity index (χ3n) is 5.19. The van der Waals surface area contributed by atoms with Gasteiger partial charge in [0.1, 0.15) is 11.5 Å². The molecule has 7 heteroatoms. The number of likely N-dealkylation sites (tertiary alicyclic amines) is 1. The SMILES string of the molecule is CCOC(=O)C1CCN(C(=O)CCN(C(=O)c2cc(C)oc2C)C(C)C)CC1. The van der Waals surface area contributed by atoms with E-state index in [2.05, 4.69) is 0 Å². The number of esters is 1. The molecular formula is C21H32N2O5. The number of carbonyl (C=O) groups is 3. The van der Waals surface area contributed by atoms with Gasteiger partial charge in [0.25, 0.3) is 5.91 Å². The molecule has 2 heterocycles. The Kier molecular flexibility index (Phi) is 7.66. The van der Waals surface area contributed by atoms with E-state index < -0.39 is 0 Å². The summed E-state index contributed by atoms with van der Waals surface area (Å²) < 4.78 is 10.5. The molecule has 0 radical (unpaired) electrons. The van der Waals surface area contributed by atoms with Gasteiger partial charge in [-0.2, -0.15) is 0 Å². The lowest BCUT2D eigenvalue weighted by Gasteiger charge is -2.32. The van der Waals surface area contributed by atoms with Gasteiger partial charge in [0.05, 0.1) is 18.1 Å². The molecule has 0 saturated carbocycles. The minimum absolute atomic E-state index is 0.0147. The van der Waals surface area contributed by atoms with Crippen molar-refractivity contribution in [2.24, 2.45) is 5.92 Å². The second-order valence-electron chi connectivity index (χ2n) is 7.58. The Labute approximate surface area is 167 Å². The van der Waals surface area contributed by atoms with Gasteiger partial charge in [0.15, 0.2) is 0 Å². The Balaban J connectivity index is 1.90. The van der Waals surface area contributed by atoms with Gasteiger partial charge in [-0.3, -0.25) is 14.4 Å². The van der Waals surface area contributed by atoms with Crippen LogP contribution in [-0.4, -0.2) is 59.9 Å². The molecule has 1 aliphatic rings. The van der Waals surface area contributed by atoms with Crippen LogP contribution in [0.2, 0.25) is 0 Å². The van der Waals surface area contributed by atoms with Crippen LogP contribution in [-0.2, 0) is 14.3 Å². The maximum Gasteiger partial charge on any atom is 0.309 e. The van der Waals surface area contributed by atoms with Gasteiger partial charge in [-0.15, -0.1) is 0 Å². The smallest absolute Gasteiger partial charge is 0.309 e. The molecule has 1 aliphatic heterocycles. The van der Waals surface area contributed by atoms with Crippen molar-refractivity contribution in [3.05, 3.63) is 23.2 Å². The predicted octanol–water partition coefficient (Wildman–Crippen LogP) is 2.94. The molecule has 0 bridgehead atoms. The van der Waals surface area contributed by atoms with Crippen LogP contribution in [0.4, 0.5) is 0 Å². The largest absolute Gasteiger partial charge is 0.466 e. The Morgan fingerprint density at radius 2 is 1.89 bits per heavy atom. The molecule has 2 rings (SSSR count). The third-order valence-corrected chi connectivity index (χ3v) is 5.19. The van der Waals surface area contributed by atoms with Crippen LogP contribution in [0.15, 0.2) is 10.5 Å². The van der Waals surface area contributed by atoms with Crippen molar-refractivity contribution < 1.29 is 23.5 Å². The zero-order valence-corrected chi connectivity index (χ0v) is 17.6.